The SMILES string of the molecule is CC1(C)O[C@H]2COC(O)[C@]2(C)O1. The lowest BCUT2D eigenvalue weighted by Crippen LogP contribution is -2.42. The van der Waals surface area contributed by atoms with Crippen LogP contribution in [0.15, 0.2) is 0 Å². The maximum atomic E-state index is 9.46. The van der Waals surface area contributed by atoms with Crippen LogP contribution >= 0.6 is 0 Å². The first kappa shape index (κ1) is 8.44. The molecule has 0 aliphatic carbocycles. The Morgan fingerprint density at radius 1 is 1.33 bits per heavy atom. The Hall–Kier alpha value is -0.160. The minimum absolute atomic E-state index is 0.150. The van der Waals surface area contributed by atoms with Crippen molar-refractivity contribution in [3.8, 4) is 0 Å². The lowest BCUT2D eigenvalue weighted by Gasteiger charge is -2.25. The summed E-state index contributed by atoms with van der Waals surface area (Å²) < 4.78 is 16.1. The van der Waals surface area contributed by atoms with E-state index in [9.17, 15) is 5.11 Å². The fourth-order valence-electron chi connectivity index (χ4n) is 1.83. The molecule has 2 rings (SSSR count). The summed E-state index contributed by atoms with van der Waals surface area (Å²) in [5, 5.41) is 9.46. The third kappa shape index (κ3) is 0.992. The van der Waals surface area contributed by atoms with Crippen molar-refractivity contribution in [2.24, 2.45) is 0 Å². The molecule has 1 unspecified atom stereocenters. The molecule has 0 saturated carbocycles. The molecule has 4 nitrogen and oxygen atoms in total. The van der Waals surface area contributed by atoms with E-state index >= 15 is 0 Å². The van der Waals surface area contributed by atoms with Gasteiger partial charge in [-0.25, -0.2) is 0 Å². The summed E-state index contributed by atoms with van der Waals surface area (Å²) in [7, 11) is 0. The number of aliphatic hydroxyl groups excluding tert-OH is 1. The summed E-state index contributed by atoms with van der Waals surface area (Å²) in [6, 6.07) is 0. The second-order valence-electron chi connectivity index (χ2n) is 3.98. The molecule has 1 N–H and O–H groups in total. The molecule has 0 amide bonds. The first-order chi connectivity index (χ1) is 5.44. The van der Waals surface area contributed by atoms with Crippen LogP contribution in [0.4, 0.5) is 0 Å². The highest BCUT2D eigenvalue weighted by Crippen LogP contribution is 2.42. The van der Waals surface area contributed by atoms with Crippen molar-refractivity contribution < 1.29 is 19.3 Å². The average molecular weight is 174 g/mol. The van der Waals surface area contributed by atoms with Gasteiger partial charge in [0, 0.05) is 0 Å². The Bertz CT molecular complexity index is 203. The third-order valence-corrected chi connectivity index (χ3v) is 2.43. The van der Waals surface area contributed by atoms with Crippen LogP contribution in [0.2, 0.25) is 0 Å². The Labute approximate surface area is 71.4 Å². The van der Waals surface area contributed by atoms with Gasteiger partial charge in [0.15, 0.2) is 12.1 Å². The number of rotatable bonds is 0. The molecular weight excluding hydrogens is 160 g/mol. The number of ether oxygens (including phenoxy) is 3. The molecule has 0 spiro atoms. The Morgan fingerprint density at radius 3 is 2.58 bits per heavy atom. The van der Waals surface area contributed by atoms with E-state index in [2.05, 4.69) is 0 Å². The first-order valence-electron chi connectivity index (χ1n) is 4.12. The molecule has 0 bridgehead atoms. The second-order valence-corrected chi connectivity index (χ2v) is 3.98. The molecule has 2 heterocycles. The molecule has 2 saturated heterocycles. The predicted octanol–water partition coefficient (Wildman–Crippen LogP) is 0.245. The van der Waals surface area contributed by atoms with Gasteiger partial charge >= 0.3 is 0 Å². The molecule has 12 heavy (non-hydrogen) atoms. The van der Waals surface area contributed by atoms with E-state index in [1.54, 1.807) is 0 Å². The minimum Gasteiger partial charge on any atom is -0.366 e. The smallest absolute Gasteiger partial charge is 0.186 e. The summed E-state index contributed by atoms with van der Waals surface area (Å²) in [6.45, 7) is 5.89. The van der Waals surface area contributed by atoms with Crippen molar-refractivity contribution >= 4 is 0 Å². The van der Waals surface area contributed by atoms with Crippen LogP contribution < -0.4 is 0 Å². The Balaban J connectivity index is 2.23. The maximum absolute atomic E-state index is 9.46. The molecule has 2 fully saturated rings. The largest absolute Gasteiger partial charge is 0.366 e. The fraction of sp³-hybridized carbons (Fsp3) is 1.00. The van der Waals surface area contributed by atoms with Gasteiger partial charge in [0.2, 0.25) is 0 Å². The number of hydrogen-bond donors (Lipinski definition) is 1. The average Bonchev–Trinajstić information content (AvgIpc) is 2.27. The molecule has 0 aromatic carbocycles. The number of aliphatic hydroxyl groups is 1. The van der Waals surface area contributed by atoms with Crippen LogP contribution in [0.25, 0.3) is 0 Å². The van der Waals surface area contributed by atoms with E-state index in [0.717, 1.165) is 0 Å². The van der Waals surface area contributed by atoms with Crippen molar-refractivity contribution in [2.75, 3.05) is 6.61 Å². The maximum Gasteiger partial charge on any atom is 0.186 e. The zero-order chi connectivity index (χ0) is 8.98. The summed E-state index contributed by atoms with van der Waals surface area (Å²) in [4.78, 5) is 0. The van der Waals surface area contributed by atoms with E-state index in [0.29, 0.717) is 6.61 Å². The van der Waals surface area contributed by atoms with Gasteiger partial charge in [0.05, 0.1) is 6.61 Å². The molecule has 2 aliphatic rings. The number of fused-ring (bicyclic) bond motifs is 1. The molecule has 0 aromatic rings. The Kier molecular flexibility index (Phi) is 1.55. The van der Waals surface area contributed by atoms with Gasteiger partial charge in [-0.3, -0.25) is 0 Å². The molecule has 4 heteroatoms. The van der Waals surface area contributed by atoms with Gasteiger partial charge in [-0.05, 0) is 20.8 Å². The molecular formula is C8H14O4. The van der Waals surface area contributed by atoms with Crippen molar-refractivity contribution in [3.63, 3.8) is 0 Å². The van der Waals surface area contributed by atoms with Crippen LogP contribution in [-0.2, 0) is 14.2 Å². The molecule has 0 radical (unpaired) electrons. The lowest BCUT2D eigenvalue weighted by molar-refractivity contribution is -0.231. The number of hydrogen-bond acceptors (Lipinski definition) is 4. The summed E-state index contributed by atoms with van der Waals surface area (Å²) in [5.41, 5.74) is -0.691. The van der Waals surface area contributed by atoms with Crippen LogP contribution in [-0.4, -0.2) is 35.5 Å². The Morgan fingerprint density at radius 2 is 2.00 bits per heavy atom. The highest BCUT2D eigenvalue weighted by atomic mass is 16.8. The van der Waals surface area contributed by atoms with E-state index < -0.39 is 17.7 Å². The van der Waals surface area contributed by atoms with Crippen LogP contribution in [0, 0.1) is 0 Å². The summed E-state index contributed by atoms with van der Waals surface area (Å²) in [5.74, 6) is -0.607. The quantitative estimate of drug-likeness (QED) is 0.571. The van der Waals surface area contributed by atoms with Gasteiger partial charge in [-0.2, -0.15) is 0 Å². The topological polar surface area (TPSA) is 47.9 Å². The normalized spacial score (nSPS) is 51.0. The van der Waals surface area contributed by atoms with E-state index in [1.807, 2.05) is 20.8 Å². The third-order valence-electron chi connectivity index (χ3n) is 2.43. The molecule has 2 aliphatic heterocycles. The van der Waals surface area contributed by atoms with E-state index in [-0.39, 0.29) is 6.10 Å². The highest BCUT2D eigenvalue weighted by molar-refractivity contribution is 4.99. The van der Waals surface area contributed by atoms with E-state index in [4.69, 9.17) is 14.2 Å². The zero-order valence-electron chi connectivity index (χ0n) is 7.53. The molecule has 3 atom stereocenters. The van der Waals surface area contributed by atoms with Gasteiger partial charge in [-0.1, -0.05) is 0 Å². The van der Waals surface area contributed by atoms with Gasteiger partial charge in [-0.15, -0.1) is 0 Å². The lowest BCUT2D eigenvalue weighted by atomic mass is 10.0. The van der Waals surface area contributed by atoms with Crippen molar-refractivity contribution in [3.05, 3.63) is 0 Å². The summed E-state index contributed by atoms with van der Waals surface area (Å²) in [6.07, 6.45) is -1.02. The minimum atomic E-state index is -0.871. The molecule has 70 valence electrons. The second kappa shape index (κ2) is 2.20. The zero-order valence-corrected chi connectivity index (χ0v) is 7.53. The van der Waals surface area contributed by atoms with Crippen LogP contribution in [0.3, 0.4) is 0 Å². The summed E-state index contributed by atoms with van der Waals surface area (Å²) >= 11 is 0. The predicted molar refractivity (Wildman–Crippen MR) is 40.4 cm³/mol. The van der Waals surface area contributed by atoms with Crippen molar-refractivity contribution in [1.82, 2.24) is 0 Å². The van der Waals surface area contributed by atoms with Crippen molar-refractivity contribution in [2.45, 2.75) is 44.6 Å². The van der Waals surface area contributed by atoms with E-state index in [1.165, 1.54) is 0 Å². The van der Waals surface area contributed by atoms with Crippen molar-refractivity contribution in [1.29, 1.82) is 0 Å². The van der Waals surface area contributed by atoms with Crippen LogP contribution in [0.1, 0.15) is 20.8 Å². The van der Waals surface area contributed by atoms with Gasteiger partial charge in [0.1, 0.15) is 11.7 Å². The molecule has 0 aromatic heterocycles. The fourth-order valence-corrected chi connectivity index (χ4v) is 1.83. The van der Waals surface area contributed by atoms with Gasteiger partial charge < -0.3 is 19.3 Å². The highest BCUT2D eigenvalue weighted by Gasteiger charge is 2.59. The van der Waals surface area contributed by atoms with Crippen LogP contribution in [0.5, 0.6) is 0 Å². The monoisotopic (exact) mass is 174 g/mol. The first-order valence-corrected chi connectivity index (χ1v) is 4.12. The van der Waals surface area contributed by atoms with Gasteiger partial charge in [0.25, 0.3) is 0 Å². The standard InChI is InChI=1S/C8H14O4/c1-7(2)11-5-4-10-6(9)8(5,3)12-7/h5-6,9H,4H2,1-3H3/t5-,6?,8+/m0/s1.